The summed E-state index contributed by atoms with van der Waals surface area (Å²) in [4.78, 5) is 27.8. The highest BCUT2D eigenvalue weighted by molar-refractivity contribution is 5.79. The van der Waals surface area contributed by atoms with E-state index in [0.29, 0.717) is 25.9 Å². The average Bonchev–Trinajstić information content (AvgIpc) is 2.82. The number of benzene rings is 2. The number of rotatable bonds is 10. The molecule has 0 bridgehead atoms. The summed E-state index contributed by atoms with van der Waals surface area (Å²) in [5.74, 6) is 0.472. The third-order valence-corrected chi connectivity index (χ3v) is 6.76. The van der Waals surface area contributed by atoms with E-state index in [1.165, 1.54) is 30.4 Å². The van der Waals surface area contributed by atoms with Gasteiger partial charge in [-0.2, -0.15) is 0 Å². The Morgan fingerprint density at radius 1 is 0.912 bits per heavy atom. The maximum atomic E-state index is 13.1. The van der Waals surface area contributed by atoms with Gasteiger partial charge in [-0.15, -0.1) is 0 Å². The smallest absolute Gasteiger partial charge is 0.223 e. The molecule has 2 amide bonds. The summed E-state index contributed by atoms with van der Waals surface area (Å²) in [5, 5.41) is 3.12. The molecule has 3 rings (SSSR count). The molecule has 4 nitrogen and oxygen atoms in total. The van der Waals surface area contributed by atoms with Crippen LogP contribution in [-0.2, 0) is 9.59 Å². The highest BCUT2D eigenvalue weighted by atomic mass is 16.2. The lowest BCUT2D eigenvalue weighted by Gasteiger charge is -2.36. The lowest BCUT2D eigenvalue weighted by molar-refractivity contribution is -0.136. The molecule has 4 heteroatoms. The molecule has 34 heavy (non-hydrogen) atoms. The highest BCUT2D eigenvalue weighted by Gasteiger charge is 2.28. The van der Waals surface area contributed by atoms with Crippen LogP contribution in [0.1, 0.15) is 89.2 Å². The van der Waals surface area contributed by atoms with Crippen LogP contribution in [0.5, 0.6) is 0 Å². The Morgan fingerprint density at radius 3 is 2.00 bits per heavy atom. The number of hydrogen-bond donors (Lipinski definition) is 1. The van der Waals surface area contributed by atoms with Crippen LogP contribution in [0.3, 0.4) is 0 Å². The molecule has 1 aliphatic carbocycles. The van der Waals surface area contributed by atoms with Gasteiger partial charge in [0.25, 0.3) is 0 Å². The third kappa shape index (κ3) is 8.30. The van der Waals surface area contributed by atoms with E-state index in [1.807, 2.05) is 17.0 Å². The van der Waals surface area contributed by atoms with Crippen molar-refractivity contribution in [3.05, 3.63) is 71.8 Å². The molecular formula is C30H42N2O2. The van der Waals surface area contributed by atoms with Crippen LogP contribution in [0.25, 0.3) is 0 Å². The molecule has 0 radical (unpaired) electrons. The SMILES string of the molecule is CC(C)(C)CC(=O)N(CCC(=O)NCCC(c1ccccc1)c1ccccc1)C1CCCCC1. The van der Waals surface area contributed by atoms with Crippen LogP contribution < -0.4 is 5.32 Å². The molecule has 2 aromatic rings. The zero-order valence-electron chi connectivity index (χ0n) is 21.3. The van der Waals surface area contributed by atoms with Gasteiger partial charge in [-0.1, -0.05) is 101 Å². The summed E-state index contributed by atoms with van der Waals surface area (Å²) in [5.41, 5.74) is 2.48. The second-order valence-corrected chi connectivity index (χ2v) is 10.9. The van der Waals surface area contributed by atoms with E-state index in [0.717, 1.165) is 19.3 Å². The molecule has 0 heterocycles. The Labute approximate surface area is 206 Å². The van der Waals surface area contributed by atoms with Gasteiger partial charge in [-0.25, -0.2) is 0 Å². The Morgan fingerprint density at radius 2 is 1.47 bits per heavy atom. The predicted molar refractivity (Wildman–Crippen MR) is 140 cm³/mol. The summed E-state index contributed by atoms with van der Waals surface area (Å²) in [7, 11) is 0. The summed E-state index contributed by atoms with van der Waals surface area (Å²) in [6.07, 6.45) is 7.47. The van der Waals surface area contributed by atoms with Crippen LogP contribution in [0.2, 0.25) is 0 Å². The quantitative estimate of drug-likeness (QED) is 0.450. The average molecular weight is 463 g/mol. The van der Waals surface area contributed by atoms with E-state index >= 15 is 0 Å². The molecular weight excluding hydrogens is 420 g/mol. The Hall–Kier alpha value is -2.62. The van der Waals surface area contributed by atoms with E-state index in [-0.39, 0.29) is 29.2 Å². The van der Waals surface area contributed by atoms with Crippen LogP contribution in [0.15, 0.2) is 60.7 Å². The van der Waals surface area contributed by atoms with Gasteiger partial charge in [0.2, 0.25) is 11.8 Å². The molecule has 1 saturated carbocycles. The van der Waals surface area contributed by atoms with Gasteiger partial charge in [0.05, 0.1) is 0 Å². The fraction of sp³-hybridized carbons (Fsp3) is 0.533. The third-order valence-electron chi connectivity index (χ3n) is 6.76. The molecule has 0 unspecified atom stereocenters. The van der Waals surface area contributed by atoms with Crippen molar-refractivity contribution in [3.63, 3.8) is 0 Å². The van der Waals surface area contributed by atoms with Crippen molar-refractivity contribution in [2.24, 2.45) is 5.41 Å². The molecule has 0 aromatic heterocycles. The van der Waals surface area contributed by atoms with Crippen LogP contribution >= 0.6 is 0 Å². The van der Waals surface area contributed by atoms with Crippen LogP contribution in [-0.4, -0.2) is 35.8 Å². The first-order valence-electron chi connectivity index (χ1n) is 13.0. The first kappa shape index (κ1) is 26.0. The van der Waals surface area contributed by atoms with Crippen molar-refractivity contribution in [2.45, 2.75) is 84.1 Å². The number of carbonyl (C=O) groups is 2. The molecule has 0 atom stereocenters. The minimum atomic E-state index is -0.0455. The second-order valence-electron chi connectivity index (χ2n) is 10.9. The van der Waals surface area contributed by atoms with Gasteiger partial charge in [0.15, 0.2) is 0 Å². The molecule has 1 fully saturated rings. The first-order chi connectivity index (χ1) is 16.3. The zero-order valence-corrected chi connectivity index (χ0v) is 21.3. The second kappa shape index (κ2) is 12.7. The Bertz CT molecular complexity index is 844. The van der Waals surface area contributed by atoms with Crippen molar-refractivity contribution in [1.82, 2.24) is 10.2 Å². The number of amides is 2. The normalized spacial score (nSPS) is 14.7. The van der Waals surface area contributed by atoms with E-state index < -0.39 is 0 Å². The maximum Gasteiger partial charge on any atom is 0.223 e. The van der Waals surface area contributed by atoms with Crippen LogP contribution in [0.4, 0.5) is 0 Å². The summed E-state index contributed by atoms with van der Waals surface area (Å²) < 4.78 is 0. The molecule has 2 aromatic carbocycles. The minimum Gasteiger partial charge on any atom is -0.356 e. The number of carbonyl (C=O) groups excluding carboxylic acids is 2. The largest absolute Gasteiger partial charge is 0.356 e. The van der Waals surface area contributed by atoms with E-state index in [1.54, 1.807) is 0 Å². The standard InChI is InChI=1S/C30H42N2O2/c1-30(2,3)23-29(34)32(26-17-11-6-12-18-26)22-20-28(33)31-21-19-27(24-13-7-4-8-14-24)25-15-9-5-10-16-25/h4-5,7-10,13-16,26-27H,6,11-12,17-23H2,1-3H3,(H,31,33). The van der Waals surface area contributed by atoms with Crippen molar-refractivity contribution in [2.75, 3.05) is 13.1 Å². The van der Waals surface area contributed by atoms with Crippen molar-refractivity contribution < 1.29 is 9.59 Å². The van der Waals surface area contributed by atoms with Gasteiger partial charge in [-0.05, 0) is 35.8 Å². The highest BCUT2D eigenvalue weighted by Crippen LogP contribution is 2.28. The van der Waals surface area contributed by atoms with Gasteiger partial charge in [-0.3, -0.25) is 9.59 Å². The predicted octanol–water partition coefficient (Wildman–Crippen LogP) is 6.31. The minimum absolute atomic E-state index is 0.0317. The summed E-state index contributed by atoms with van der Waals surface area (Å²) >= 11 is 0. The molecule has 0 saturated heterocycles. The number of nitrogens with zero attached hydrogens (tertiary/aromatic N) is 1. The number of nitrogens with one attached hydrogen (secondary N) is 1. The molecule has 0 spiro atoms. The summed E-state index contributed by atoms with van der Waals surface area (Å²) in [6, 6.07) is 21.2. The van der Waals surface area contributed by atoms with E-state index in [4.69, 9.17) is 0 Å². The Kier molecular flexibility index (Phi) is 9.74. The first-order valence-corrected chi connectivity index (χ1v) is 13.0. The Balaban J connectivity index is 1.55. The fourth-order valence-corrected chi connectivity index (χ4v) is 5.02. The van der Waals surface area contributed by atoms with E-state index in [9.17, 15) is 9.59 Å². The van der Waals surface area contributed by atoms with E-state index in [2.05, 4.69) is 74.6 Å². The topological polar surface area (TPSA) is 49.4 Å². The lowest BCUT2D eigenvalue weighted by atomic mass is 9.88. The molecule has 1 aliphatic rings. The van der Waals surface area contributed by atoms with Crippen molar-refractivity contribution >= 4 is 11.8 Å². The van der Waals surface area contributed by atoms with Gasteiger partial charge >= 0.3 is 0 Å². The van der Waals surface area contributed by atoms with Gasteiger partial charge < -0.3 is 10.2 Å². The monoisotopic (exact) mass is 462 g/mol. The van der Waals surface area contributed by atoms with Gasteiger partial charge in [0.1, 0.15) is 0 Å². The maximum absolute atomic E-state index is 13.1. The molecule has 184 valence electrons. The van der Waals surface area contributed by atoms with Crippen LogP contribution in [0, 0.1) is 5.41 Å². The molecule has 1 N–H and O–H groups in total. The molecule has 0 aliphatic heterocycles. The number of hydrogen-bond acceptors (Lipinski definition) is 2. The fourth-order valence-electron chi connectivity index (χ4n) is 5.02. The van der Waals surface area contributed by atoms with Crippen molar-refractivity contribution in [1.29, 1.82) is 0 Å². The van der Waals surface area contributed by atoms with Crippen molar-refractivity contribution in [3.8, 4) is 0 Å². The lowest BCUT2D eigenvalue weighted by Crippen LogP contribution is -2.44. The zero-order chi connectivity index (χ0) is 24.4. The summed E-state index contributed by atoms with van der Waals surface area (Å²) in [6.45, 7) is 7.45. The van der Waals surface area contributed by atoms with Gasteiger partial charge in [0, 0.05) is 37.9 Å².